The summed E-state index contributed by atoms with van der Waals surface area (Å²) in [7, 11) is -3.89. The van der Waals surface area contributed by atoms with Crippen LogP contribution >= 0.6 is 23.5 Å². The summed E-state index contributed by atoms with van der Waals surface area (Å²) < 4.78 is 24.0. The Bertz CT molecular complexity index is 871. The van der Waals surface area contributed by atoms with Crippen LogP contribution in [0.3, 0.4) is 0 Å². The van der Waals surface area contributed by atoms with Gasteiger partial charge < -0.3 is 5.11 Å². The average Bonchev–Trinajstić information content (AvgIpc) is 2.98. The summed E-state index contributed by atoms with van der Waals surface area (Å²) in [5.41, 5.74) is 0.552. The van der Waals surface area contributed by atoms with Crippen molar-refractivity contribution in [3.63, 3.8) is 0 Å². The number of carboxylic acid groups (broad SMARTS) is 1. The first-order valence-electron chi connectivity index (χ1n) is 7.01. The van der Waals surface area contributed by atoms with Gasteiger partial charge in [-0.05, 0) is 22.9 Å². The van der Waals surface area contributed by atoms with E-state index < -0.39 is 21.4 Å². The Morgan fingerprint density at radius 2 is 2.23 bits per heavy atom. The number of carbonyl (C=O) groups is 2. The van der Waals surface area contributed by atoms with E-state index in [9.17, 15) is 23.1 Å². The second-order valence-corrected chi connectivity index (χ2v) is 9.34. The standard InChI is InChI=1S/C11H14N6O5S3.Na.H/c1-5(25(12,21)22)17-11(13-14-15-17)24-4-6-3-23-8-2-7(18)16(8)9(6)10(19)20;;/h5,8H,2-4H2,1H3,(H,19,20)(H2,12,21,22);;/t5?,8-;;/m1../s1. The van der Waals surface area contributed by atoms with Crippen molar-refractivity contribution >= 4 is 75.0 Å². The number of carboxylic acids is 1. The molecule has 0 radical (unpaired) electrons. The van der Waals surface area contributed by atoms with Crippen LogP contribution in [0.1, 0.15) is 18.7 Å². The van der Waals surface area contributed by atoms with Gasteiger partial charge in [-0.3, -0.25) is 9.69 Å². The second-order valence-electron chi connectivity index (χ2n) is 5.37. The molecule has 0 saturated carbocycles. The molecule has 1 unspecified atom stereocenters. The van der Waals surface area contributed by atoms with E-state index >= 15 is 0 Å². The number of nitrogens with two attached hydrogens (primary N) is 1. The van der Waals surface area contributed by atoms with E-state index in [4.69, 9.17) is 5.14 Å². The predicted octanol–water partition coefficient (Wildman–Crippen LogP) is -1.43. The summed E-state index contributed by atoms with van der Waals surface area (Å²) in [6.45, 7) is 1.34. The van der Waals surface area contributed by atoms with Crippen molar-refractivity contribution in [1.82, 2.24) is 25.1 Å². The Labute approximate surface area is 179 Å². The van der Waals surface area contributed by atoms with Crippen molar-refractivity contribution in [1.29, 1.82) is 0 Å². The summed E-state index contributed by atoms with van der Waals surface area (Å²) in [6.07, 6.45) is 0.339. The number of rotatable bonds is 6. The van der Waals surface area contributed by atoms with Gasteiger partial charge in [0.1, 0.15) is 5.70 Å². The monoisotopic (exact) mass is 430 g/mol. The molecule has 2 atom stereocenters. The van der Waals surface area contributed by atoms with Crippen LogP contribution < -0.4 is 5.14 Å². The molecule has 15 heteroatoms. The van der Waals surface area contributed by atoms with Crippen molar-refractivity contribution in [2.45, 2.75) is 29.2 Å². The minimum absolute atomic E-state index is 0. The van der Waals surface area contributed by atoms with Crippen LogP contribution in [0.25, 0.3) is 0 Å². The van der Waals surface area contributed by atoms with E-state index in [1.165, 1.54) is 23.6 Å². The van der Waals surface area contributed by atoms with Gasteiger partial charge in [-0.15, -0.1) is 16.9 Å². The summed E-state index contributed by atoms with van der Waals surface area (Å²) in [5.74, 6) is -0.700. The first kappa shape index (κ1) is 21.7. The van der Waals surface area contributed by atoms with Crippen LogP contribution in [0.15, 0.2) is 16.4 Å². The third-order valence-corrected chi connectivity index (χ3v) is 7.24. The Morgan fingerprint density at radius 1 is 1.54 bits per heavy atom. The van der Waals surface area contributed by atoms with E-state index in [-0.39, 0.29) is 57.4 Å². The zero-order valence-electron chi connectivity index (χ0n) is 12.9. The molecular formula is C11H15N6NaO5S3. The Balaban J connectivity index is 0.00000243. The van der Waals surface area contributed by atoms with E-state index in [0.29, 0.717) is 17.7 Å². The summed E-state index contributed by atoms with van der Waals surface area (Å²) in [6, 6.07) is 0. The van der Waals surface area contributed by atoms with Gasteiger partial charge in [0.25, 0.3) is 0 Å². The fourth-order valence-electron chi connectivity index (χ4n) is 2.39. The van der Waals surface area contributed by atoms with Crippen LogP contribution in [-0.2, 0) is 19.6 Å². The van der Waals surface area contributed by atoms with Gasteiger partial charge in [0.15, 0.2) is 5.37 Å². The second kappa shape index (κ2) is 8.16. The molecule has 0 spiro atoms. The van der Waals surface area contributed by atoms with Gasteiger partial charge in [0.05, 0.1) is 11.8 Å². The molecule has 3 N–H and O–H groups in total. The van der Waals surface area contributed by atoms with Gasteiger partial charge in [0, 0.05) is 11.5 Å². The number of fused-ring (bicyclic) bond motifs is 1. The molecule has 1 aromatic rings. The number of nitrogens with zero attached hydrogens (tertiary/aromatic N) is 5. The third kappa shape index (κ3) is 4.10. The van der Waals surface area contributed by atoms with E-state index in [2.05, 4.69) is 15.5 Å². The molecule has 2 aliphatic heterocycles. The van der Waals surface area contributed by atoms with Crippen LogP contribution in [0.5, 0.6) is 0 Å². The number of amides is 1. The predicted molar refractivity (Wildman–Crippen MR) is 95.9 cm³/mol. The number of tetrazole rings is 1. The van der Waals surface area contributed by atoms with Gasteiger partial charge in [0.2, 0.25) is 21.1 Å². The zero-order valence-corrected chi connectivity index (χ0v) is 15.3. The molecule has 1 fully saturated rings. The zero-order chi connectivity index (χ0) is 18.4. The van der Waals surface area contributed by atoms with Gasteiger partial charge in [-0.2, -0.15) is 0 Å². The summed E-state index contributed by atoms with van der Waals surface area (Å²) in [5, 5.41) is 24.3. The molecule has 0 bridgehead atoms. The number of β-lactam (4-membered cyclic amide) rings is 1. The molecule has 0 aromatic carbocycles. The normalized spacial score (nSPS) is 20.9. The van der Waals surface area contributed by atoms with Crippen molar-refractivity contribution in [3.05, 3.63) is 11.3 Å². The van der Waals surface area contributed by atoms with Gasteiger partial charge in [-0.1, -0.05) is 11.8 Å². The molecule has 1 amide bonds. The Kier molecular flexibility index (Phi) is 6.80. The van der Waals surface area contributed by atoms with Crippen LogP contribution in [-0.4, -0.2) is 96.9 Å². The van der Waals surface area contributed by atoms with Crippen LogP contribution in [0, 0.1) is 0 Å². The van der Waals surface area contributed by atoms with Crippen LogP contribution in [0.2, 0.25) is 0 Å². The maximum absolute atomic E-state index is 11.7. The molecule has 3 heterocycles. The number of aliphatic carboxylic acids is 1. The number of carbonyl (C=O) groups excluding carboxylic acids is 1. The average molecular weight is 430 g/mol. The van der Waals surface area contributed by atoms with Crippen LogP contribution in [0.4, 0.5) is 0 Å². The van der Waals surface area contributed by atoms with Crippen molar-refractivity contribution in [2.75, 3.05) is 11.5 Å². The fraction of sp³-hybridized carbons (Fsp3) is 0.545. The number of primary sulfonamides is 1. The maximum atomic E-state index is 11.7. The van der Waals surface area contributed by atoms with Crippen molar-refractivity contribution < 1.29 is 23.1 Å². The van der Waals surface area contributed by atoms with E-state index in [0.717, 1.165) is 16.4 Å². The van der Waals surface area contributed by atoms with Crippen molar-refractivity contribution in [3.8, 4) is 0 Å². The molecule has 11 nitrogen and oxygen atoms in total. The number of hydrogen-bond donors (Lipinski definition) is 2. The fourth-order valence-corrected chi connectivity index (χ4v) is 5.23. The topological polar surface area (TPSA) is 161 Å². The quantitative estimate of drug-likeness (QED) is 0.311. The first-order chi connectivity index (χ1) is 11.7. The Hall–Kier alpha value is -0.640. The number of thioether (sulfide) groups is 2. The van der Waals surface area contributed by atoms with E-state index in [1.807, 2.05) is 0 Å². The van der Waals surface area contributed by atoms with Gasteiger partial charge in [-0.25, -0.2) is 23.0 Å². The molecule has 1 saturated heterocycles. The van der Waals surface area contributed by atoms with E-state index in [1.54, 1.807) is 0 Å². The third-order valence-electron chi connectivity index (χ3n) is 3.79. The molecule has 0 aliphatic carbocycles. The molecule has 3 rings (SSSR count). The summed E-state index contributed by atoms with van der Waals surface area (Å²) in [4.78, 5) is 24.6. The molecule has 26 heavy (non-hydrogen) atoms. The van der Waals surface area contributed by atoms with Gasteiger partial charge >= 0.3 is 35.5 Å². The first-order valence-corrected chi connectivity index (χ1v) is 10.7. The molecule has 1 aromatic heterocycles. The molecule has 2 aliphatic rings. The number of sulfonamides is 1. The minimum atomic E-state index is -3.89. The number of hydrogen-bond acceptors (Lipinski definition) is 9. The SMILES string of the molecule is CC(n1nnnc1SCC1=C(C(=O)O)N2C(=O)C[C@H]2SC1)S(N)(=O)=O.[NaH]. The summed E-state index contributed by atoms with van der Waals surface area (Å²) >= 11 is 2.58. The molecule has 138 valence electrons. The Morgan fingerprint density at radius 3 is 2.81 bits per heavy atom. The van der Waals surface area contributed by atoms with Crippen molar-refractivity contribution in [2.24, 2.45) is 5.14 Å². The molecular weight excluding hydrogens is 415 g/mol. The number of aromatic nitrogens is 4.